The lowest BCUT2D eigenvalue weighted by Crippen LogP contribution is -2.55. The molecule has 0 unspecified atom stereocenters. The number of methoxy groups -OCH3 is 2. The summed E-state index contributed by atoms with van der Waals surface area (Å²) in [5.41, 5.74) is 0.229. The first-order valence-corrected chi connectivity index (χ1v) is 10.3. The van der Waals surface area contributed by atoms with Crippen LogP contribution in [-0.4, -0.2) is 37.5 Å². The van der Waals surface area contributed by atoms with Gasteiger partial charge in [0.05, 0.1) is 19.6 Å². The zero-order valence-corrected chi connectivity index (χ0v) is 18.5. The zero-order chi connectivity index (χ0) is 22.3. The van der Waals surface area contributed by atoms with Gasteiger partial charge in [-0.2, -0.15) is 0 Å². The number of ether oxygens (including phenoxy) is 4. The highest BCUT2D eigenvalue weighted by Crippen LogP contribution is 2.56. The van der Waals surface area contributed by atoms with E-state index < -0.39 is 22.9 Å². The van der Waals surface area contributed by atoms with E-state index in [-0.39, 0.29) is 5.78 Å². The Hall–Kier alpha value is -2.89. The summed E-state index contributed by atoms with van der Waals surface area (Å²) in [6, 6.07) is 15.4. The van der Waals surface area contributed by atoms with E-state index in [0.717, 1.165) is 22.6 Å². The quantitative estimate of drug-likeness (QED) is 0.665. The molecular weight excluding hydrogens is 392 g/mol. The van der Waals surface area contributed by atoms with E-state index in [1.54, 1.807) is 14.2 Å². The van der Waals surface area contributed by atoms with Crippen molar-refractivity contribution in [3.8, 4) is 11.5 Å². The van der Waals surface area contributed by atoms with Crippen molar-refractivity contribution in [1.29, 1.82) is 0 Å². The second-order valence-corrected chi connectivity index (χ2v) is 8.60. The van der Waals surface area contributed by atoms with Crippen LogP contribution in [0.15, 0.2) is 60.7 Å². The second kappa shape index (κ2) is 7.66. The van der Waals surface area contributed by atoms with Gasteiger partial charge in [-0.15, -0.1) is 0 Å². The summed E-state index contributed by atoms with van der Waals surface area (Å²) in [6.07, 6.45) is 7.02. The van der Waals surface area contributed by atoms with Crippen LogP contribution < -0.4 is 9.47 Å². The third kappa shape index (κ3) is 3.58. The molecule has 2 saturated heterocycles. The zero-order valence-electron chi connectivity index (χ0n) is 18.5. The molecule has 2 fully saturated rings. The van der Waals surface area contributed by atoms with E-state index in [4.69, 9.17) is 18.9 Å². The van der Waals surface area contributed by atoms with Gasteiger partial charge >= 0.3 is 0 Å². The van der Waals surface area contributed by atoms with E-state index >= 15 is 0 Å². The van der Waals surface area contributed by atoms with Crippen LogP contribution in [-0.2, 0) is 14.3 Å². The summed E-state index contributed by atoms with van der Waals surface area (Å²) >= 11 is 0. The molecule has 0 saturated carbocycles. The van der Waals surface area contributed by atoms with Crippen LogP contribution in [0.3, 0.4) is 0 Å². The lowest BCUT2D eigenvalue weighted by molar-refractivity contribution is -0.206. The van der Waals surface area contributed by atoms with Gasteiger partial charge in [0.15, 0.2) is 17.7 Å². The molecule has 5 nitrogen and oxygen atoms in total. The Labute approximate surface area is 183 Å². The Morgan fingerprint density at radius 2 is 1.26 bits per heavy atom. The van der Waals surface area contributed by atoms with E-state index in [1.807, 2.05) is 93.6 Å². The molecule has 31 heavy (non-hydrogen) atoms. The first-order valence-electron chi connectivity index (χ1n) is 10.3. The molecule has 2 heterocycles. The van der Waals surface area contributed by atoms with Crippen molar-refractivity contribution in [2.24, 2.45) is 5.41 Å². The Balaban J connectivity index is 1.70. The summed E-state index contributed by atoms with van der Waals surface area (Å²) in [6.45, 7) is 5.59. The summed E-state index contributed by atoms with van der Waals surface area (Å²) in [4.78, 5) is 13.2. The van der Waals surface area contributed by atoms with Crippen LogP contribution in [0.1, 0.15) is 31.9 Å². The third-order valence-electron chi connectivity index (χ3n) is 6.42. The number of rotatable bonds is 6. The summed E-state index contributed by atoms with van der Waals surface area (Å²) in [5.74, 6) is 0.619. The molecule has 2 aliphatic heterocycles. The van der Waals surface area contributed by atoms with Crippen molar-refractivity contribution >= 4 is 17.9 Å². The SMILES string of the molecule is COc1ccc(/C=C/C2(/C=C/c3ccc(OC)cc3)O[C@]3(C)O[C@H]2C(=O)C3(C)C)cc1. The number of fused-ring (bicyclic) bond motifs is 2. The van der Waals surface area contributed by atoms with Crippen LogP contribution in [0.2, 0.25) is 0 Å². The molecule has 0 amide bonds. The maximum atomic E-state index is 13.2. The largest absolute Gasteiger partial charge is 0.497 e. The number of hydrogen-bond donors (Lipinski definition) is 0. The van der Waals surface area contributed by atoms with Gasteiger partial charge < -0.3 is 18.9 Å². The molecular formula is C26H28O5. The van der Waals surface area contributed by atoms with E-state index in [1.165, 1.54) is 0 Å². The average molecular weight is 421 g/mol. The van der Waals surface area contributed by atoms with Crippen molar-refractivity contribution in [3.63, 3.8) is 0 Å². The van der Waals surface area contributed by atoms with Crippen molar-refractivity contribution in [1.82, 2.24) is 0 Å². The lowest BCUT2D eigenvalue weighted by Gasteiger charge is -2.40. The molecule has 2 aliphatic rings. The fourth-order valence-electron chi connectivity index (χ4n) is 4.00. The van der Waals surface area contributed by atoms with Crippen LogP contribution in [0.25, 0.3) is 12.2 Å². The van der Waals surface area contributed by atoms with Crippen LogP contribution in [0.4, 0.5) is 0 Å². The monoisotopic (exact) mass is 420 g/mol. The molecule has 2 aromatic rings. The Morgan fingerprint density at radius 3 is 1.61 bits per heavy atom. The topological polar surface area (TPSA) is 54.0 Å². The fraction of sp³-hybridized carbons (Fsp3) is 0.346. The molecule has 162 valence electrons. The second-order valence-electron chi connectivity index (χ2n) is 8.60. The molecule has 4 rings (SSSR count). The van der Waals surface area contributed by atoms with E-state index in [0.29, 0.717) is 0 Å². The minimum atomic E-state index is -0.999. The molecule has 0 aliphatic carbocycles. The van der Waals surface area contributed by atoms with Crippen LogP contribution >= 0.6 is 0 Å². The first-order chi connectivity index (χ1) is 14.7. The molecule has 0 spiro atoms. The van der Waals surface area contributed by atoms with Crippen molar-refractivity contribution < 1.29 is 23.7 Å². The van der Waals surface area contributed by atoms with Crippen molar-refractivity contribution in [2.45, 2.75) is 38.3 Å². The van der Waals surface area contributed by atoms with Gasteiger partial charge in [-0.1, -0.05) is 36.4 Å². The normalized spacial score (nSPS) is 26.1. The Kier molecular flexibility index (Phi) is 5.28. The standard InChI is InChI=1S/C26H28O5/c1-24(2)22(27)23-26(31-25(24,3)30-23,16-14-18-6-10-20(28-4)11-7-18)17-15-19-8-12-21(29-5)13-9-19/h6-17,23H,1-5H3/b16-14+,17-15+/t23-,25-/m0/s1. The van der Waals surface area contributed by atoms with Gasteiger partial charge in [-0.05, 0) is 68.3 Å². The van der Waals surface area contributed by atoms with Gasteiger partial charge in [0, 0.05) is 0 Å². The smallest absolute Gasteiger partial charge is 0.180 e. The van der Waals surface area contributed by atoms with Gasteiger partial charge in [0.1, 0.15) is 17.1 Å². The highest BCUT2D eigenvalue weighted by Gasteiger charge is 2.71. The minimum Gasteiger partial charge on any atom is -0.497 e. The van der Waals surface area contributed by atoms with Gasteiger partial charge in [-0.3, -0.25) is 4.79 Å². The molecule has 0 radical (unpaired) electrons. The number of carbonyl (C=O) groups is 1. The number of hydrogen-bond acceptors (Lipinski definition) is 5. The number of benzene rings is 2. The Bertz CT molecular complexity index is 959. The summed E-state index contributed by atoms with van der Waals surface area (Å²) < 4.78 is 23.1. The molecule has 0 aromatic heterocycles. The lowest BCUT2D eigenvalue weighted by atomic mass is 9.74. The van der Waals surface area contributed by atoms with E-state index in [9.17, 15) is 4.79 Å². The molecule has 0 N–H and O–H groups in total. The Morgan fingerprint density at radius 1 is 0.806 bits per heavy atom. The van der Waals surface area contributed by atoms with Crippen molar-refractivity contribution in [2.75, 3.05) is 14.2 Å². The average Bonchev–Trinajstić information content (AvgIpc) is 3.18. The van der Waals surface area contributed by atoms with E-state index in [2.05, 4.69) is 0 Å². The minimum absolute atomic E-state index is 0.0417. The number of ketones is 1. The summed E-state index contributed by atoms with van der Waals surface area (Å²) in [7, 11) is 3.27. The molecule has 5 heteroatoms. The van der Waals surface area contributed by atoms with Gasteiger partial charge in [0.25, 0.3) is 0 Å². The third-order valence-corrected chi connectivity index (χ3v) is 6.42. The van der Waals surface area contributed by atoms with Crippen LogP contribution in [0, 0.1) is 5.41 Å². The fourth-order valence-corrected chi connectivity index (χ4v) is 4.00. The molecule has 2 atom stereocenters. The highest BCUT2D eigenvalue weighted by atomic mass is 16.8. The molecule has 2 aromatic carbocycles. The maximum absolute atomic E-state index is 13.2. The summed E-state index contributed by atoms with van der Waals surface area (Å²) in [5, 5.41) is 0. The number of Topliss-reactive ketones (excluding diaryl/α,β-unsaturated/α-hetero) is 1. The molecule has 2 bridgehead atoms. The maximum Gasteiger partial charge on any atom is 0.180 e. The number of carbonyl (C=O) groups excluding carboxylic acids is 1. The van der Waals surface area contributed by atoms with Gasteiger partial charge in [0.2, 0.25) is 0 Å². The predicted octanol–water partition coefficient (Wildman–Crippen LogP) is 4.91. The van der Waals surface area contributed by atoms with Gasteiger partial charge in [-0.25, -0.2) is 0 Å². The predicted molar refractivity (Wildman–Crippen MR) is 120 cm³/mol. The first kappa shape index (κ1) is 21.3. The van der Waals surface area contributed by atoms with Crippen LogP contribution in [0.5, 0.6) is 11.5 Å². The van der Waals surface area contributed by atoms with Crippen molar-refractivity contribution in [3.05, 3.63) is 71.8 Å². The highest BCUT2D eigenvalue weighted by molar-refractivity contribution is 5.94.